The van der Waals surface area contributed by atoms with Crippen LogP contribution in [0.25, 0.3) is 6.08 Å². The summed E-state index contributed by atoms with van der Waals surface area (Å²) < 4.78 is 18.0. The maximum atomic E-state index is 12.5. The molecule has 1 aliphatic heterocycles. The maximum absolute atomic E-state index is 12.5. The molecular weight excluding hydrogens is 548 g/mol. The van der Waals surface area contributed by atoms with Crippen molar-refractivity contribution in [3.8, 4) is 11.5 Å². The van der Waals surface area contributed by atoms with Gasteiger partial charge in [-0.05, 0) is 72.7 Å². The number of anilines is 1. The van der Waals surface area contributed by atoms with Crippen LogP contribution >= 0.6 is 27.5 Å². The minimum atomic E-state index is -0.583. The Kier molecular flexibility index (Phi) is 8.07. The first-order chi connectivity index (χ1) is 17.3. The SMILES string of the molecule is CCOc1cc(/C=C2\N=C(c3ccc(NC(C)=O)cc3)OC2=O)cc(Cl)c1OCc1ccc(Br)cc1. The van der Waals surface area contributed by atoms with Gasteiger partial charge in [-0.15, -0.1) is 0 Å². The second-order valence-corrected chi connectivity index (χ2v) is 9.10. The molecule has 0 saturated heterocycles. The minimum Gasteiger partial charge on any atom is -0.490 e. The lowest BCUT2D eigenvalue weighted by molar-refractivity contribution is -0.129. The Morgan fingerprint density at radius 2 is 1.83 bits per heavy atom. The summed E-state index contributed by atoms with van der Waals surface area (Å²) in [4.78, 5) is 28.0. The lowest BCUT2D eigenvalue weighted by atomic mass is 10.1. The van der Waals surface area contributed by atoms with Gasteiger partial charge >= 0.3 is 5.97 Å². The van der Waals surface area contributed by atoms with Crippen molar-refractivity contribution in [3.05, 3.63) is 92.5 Å². The molecule has 0 fully saturated rings. The molecule has 0 aromatic heterocycles. The van der Waals surface area contributed by atoms with Gasteiger partial charge in [-0.25, -0.2) is 9.79 Å². The fourth-order valence-electron chi connectivity index (χ4n) is 3.40. The van der Waals surface area contributed by atoms with E-state index in [4.69, 9.17) is 25.8 Å². The highest BCUT2D eigenvalue weighted by molar-refractivity contribution is 9.10. The van der Waals surface area contributed by atoms with Crippen molar-refractivity contribution in [2.75, 3.05) is 11.9 Å². The van der Waals surface area contributed by atoms with Gasteiger partial charge in [0.25, 0.3) is 0 Å². The molecule has 184 valence electrons. The predicted molar refractivity (Wildman–Crippen MR) is 142 cm³/mol. The van der Waals surface area contributed by atoms with E-state index in [0.717, 1.165) is 10.0 Å². The Morgan fingerprint density at radius 1 is 1.11 bits per heavy atom. The molecule has 0 aliphatic carbocycles. The molecule has 0 radical (unpaired) electrons. The highest BCUT2D eigenvalue weighted by Crippen LogP contribution is 2.38. The Bertz CT molecular complexity index is 1350. The Balaban J connectivity index is 1.56. The van der Waals surface area contributed by atoms with Gasteiger partial charge in [0.15, 0.2) is 17.2 Å². The van der Waals surface area contributed by atoms with Gasteiger partial charge < -0.3 is 19.5 Å². The third-order valence-corrected chi connectivity index (χ3v) is 5.81. The van der Waals surface area contributed by atoms with E-state index in [1.165, 1.54) is 6.92 Å². The van der Waals surface area contributed by atoms with Gasteiger partial charge in [0.2, 0.25) is 11.8 Å². The van der Waals surface area contributed by atoms with Crippen LogP contribution in [0.5, 0.6) is 11.5 Å². The van der Waals surface area contributed by atoms with Crippen molar-refractivity contribution in [2.45, 2.75) is 20.5 Å². The summed E-state index contributed by atoms with van der Waals surface area (Å²) in [6.45, 7) is 4.01. The van der Waals surface area contributed by atoms with Gasteiger partial charge in [0.05, 0.1) is 11.6 Å². The number of hydrogen-bond acceptors (Lipinski definition) is 6. The topological polar surface area (TPSA) is 86.2 Å². The normalized spacial score (nSPS) is 13.8. The number of nitrogens with one attached hydrogen (secondary N) is 1. The summed E-state index contributed by atoms with van der Waals surface area (Å²) >= 11 is 9.95. The van der Waals surface area contributed by atoms with Gasteiger partial charge in [0, 0.05) is 22.6 Å². The van der Waals surface area contributed by atoms with Gasteiger partial charge in [-0.3, -0.25) is 4.79 Å². The van der Waals surface area contributed by atoms with Crippen molar-refractivity contribution >= 4 is 57.1 Å². The van der Waals surface area contributed by atoms with Crippen molar-refractivity contribution in [1.82, 2.24) is 0 Å². The first-order valence-corrected chi connectivity index (χ1v) is 12.2. The smallest absolute Gasteiger partial charge is 0.363 e. The number of cyclic esters (lactones) is 1. The van der Waals surface area contributed by atoms with Crippen molar-refractivity contribution < 1.29 is 23.8 Å². The Morgan fingerprint density at radius 3 is 2.50 bits per heavy atom. The zero-order chi connectivity index (χ0) is 25.7. The number of nitrogens with zero attached hydrogens (tertiary/aromatic N) is 1. The number of aliphatic imine (C=N–C) groups is 1. The van der Waals surface area contributed by atoms with Crippen LogP contribution in [-0.4, -0.2) is 24.4 Å². The van der Waals surface area contributed by atoms with Crippen LogP contribution in [0.3, 0.4) is 0 Å². The molecule has 1 heterocycles. The maximum Gasteiger partial charge on any atom is 0.363 e. The molecule has 0 bridgehead atoms. The lowest BCUT2D eigenvalue weighted by Gasteiger charge is -2.14. The molecule has 9 heteroatoms. The summed E-state index contributed by atoms with van der Waals surface area (Å²) in [5, 5.41) is 3.03. The molecule has 0 saturated carbocycles. The first-order valence-electron chi connectivity index (χ1n) is 11.1. The molecule has 1 aliphatic rings. The van der Waals surface area contributed by atoms with Crippen LogP contribution in [0.4, 0.5) is 5.69 Å². The molecule has 7 nitrogen and oxygen atoms in total. The molecule has 0 atom stereocenters. The molecule has 0 unspecified atom stereocenters. The molecule has 1 N–H and O–H groups in total. The minimum absolute atomic E-state index is 0.123. The summed E-state index contributed by atoms with van der Waals surface area (Å²) in [7, 11) is 0. The van der Waals surface area contributed by atoms with Crippen LogP contribution < -0.4 is 14.8 Å². The number of amides is 1. The molecule has 36 heavy (non-hydrogen) atoms. The number of carbonyl (C=O) groups is 2. The molecule has 0 spiro atoms. The Hall–Kier alpha value is -3.62. The monoisotopic (exact) mass is 568 g/mol. The van der Waals surface area contributed by atoms with Crippen molar-refractivity contribution in [3.63, 3.8) is 0 Å². The van der Waals surface area contributed by atoms with Crippen LogP contribution in [0.1, 0.15) is 30.5 Å². The zero-order valence-electron chi connectivity index (χ0n) is 19.5. The average Bonchev–Trinajstić information content (AvgIpc) is 3.20. The quantitative estimate of drug-likeness (QED) is 0.251. The van der Waals surface area contributed by atoms with E-state index in [1.807, 2.05) is 31.2 Å². The average molecular weight is 570 g/mol. The first kappa shape index (κ1) is 25.5. The van der Waals surface area contributed by atoms with E-state index >= 15 is 0 Å². The van der Waals surface area contributed by atoms with E-state index in [2.05, 4.69) is 26.2 Å². The van der Waals surface area contributed by atoms with Crippen LogP contribution in [-0.2, 0) is 20.9 Å². The van der Waals surface area contributed by atoms with Crippen LogP contribution in [0, 0.1) is 0 Å². The standard InChI is InChI=1S/C27H22BrClN2O5/c1-3-34-24-14-18(12-22(29)25(24)35-15-17-4-8-20(28)9-5-17)13-23-27(33)36-26(31-23)19-6-10-21(11-7-19)30-16(2)32/h4-14H,3,15H2,1-2H3,(H,30,32)/b23-13-. The fourth-order valence-corrected chi connectivity index (χ4v) is 3.94. The zero-order valence-corrected chi connectivity index (χ0v) is 21.9. The number of benzene rings is 3. The molecular formula is C27H22BrClN2O5. The van der Waals surface area contributed by atoms with Crippen molar-refractivity contribution in [2.24, 2.45) is 4.99 Å². The number of esters is 1. The second-order valence-electron chi connectivity index (χ2n) is 7.77. The summed E-state index contributed by atoms with van der Waals surface area (Å²) in [5.41, 5.74) is 2.94. The van der Waals surface area contributed by atoms with Crippen molar-refractivity contribution in [1.29, 1.82) is 0 Å². The number of hydrogen-bond donors (Lipinski definition) is 1. The number of rotatable bonds is 8. The highest BCUT2D eigenvalue weighted by atomic mass is 79.9. The predicted octanol–water partition coefficient (Wildman–Crippen LogP) is 6.38. The van der Waals surface area contributed by atoms with Crippen LogP contribution in [0.2, 0.25) is 5.02 Å². The number of carbonyl (C=O) groups excluding carboxylic acids is 2. The van der Waals surface area contributed by atoms with Gasteiger partial charge in [-0.1, -0.05) is 39.7 Å². The van der Waals surface area contributed by atoms with E-state index in [0.29, 0.717) is 46.5 Å². The summed E-state index contributed by atoms with van der Waals surface area (Å²) in [6.07, 6.45) is 1.58. The van der Waals surface area contributed by atoms with E-state index in [9.17, 15) is 9.59 Å². The molecule has 1 amide bonds. The molecule has 4 rings (SSSR count). The van der Waals surface area contributed by atoms with Gasteiger partial charge in [0.1, 0.15) is 6.61 Å². The van der Waals surface area contributed by atoms with E-state index in [-0.39, 0.29) is 17.5 Å². The largest absolute Gasteiger partial charge is 0.490 e. The second kappa shape index (κ2) is 11.4. The number of halogens is 2. The van der Waals surface area contributed by atoms with Gasteiger partial charge in [-0.2, -0.15) is 0 Å². The van der Waals surface area contributed by atoms with Crippen LogP contribution in [0.15, 0.2) is 75.8 Å². The lowest BCUT2D eigenvalue weighted by Crippen LogP contribution is -2.07. The van der Waals surface area contributed by atoms with E-state index in [1.54, 1.807) is 42.5 Å². The summed E-state index contributed by atoms with van der Waals surface area (Å²) in [6, 6.07) is 18.0. The molecule has 3 aromatic carbocycles. The fraction of sp³-hybridized carbons (Fsp3) is 0.148. The number of ether oxygens (including phenoxy) is 3. The highest BCUT2D eigenvalue weighted by Gasteiger charge is 2.24. The van der Waals surface area contributed by atoms with E-state index < -0.39 is 5.97 Å². The Labute approximate surface area is 221 Å². The third kappa shape index (κ3) is 6.33. The summed E-state index contributed by atoms with van der Waals surface area (Å²) in [5.74, 6) is 0.290. The molecule has 3 aromatic rings. The third-order valence-electron chi connectivity index (χ3n) is 5.00.